The summed E-state index contributed by atoms with van der Waals surface area (Å²) in [7, 11) is 0. The van der Waals surface area contributed by atoms with Crippen molar-refractivity contribution < 1.29 is 9.90 Å². The number of hydrogen-bond acceptors (Lipinski definition) is 2. The van der Waals surface area contributed by atoms with Gasteiger partial charge in [0.1, 0.15) is 0 Å². The summed E-state index contributed by atoms with van der Waals surface area (Å²) >= 11 is 4.28. The lowest BCUT2D eigenvalue weighted by Gasteiger charge is -2.04. The van der Waals surface area contributed by atoms with Gasteiger partial charge in [-0.1, -0.05) is 173 Å². The molecule has 0 heterocycles. The highest BCUT2D eigenvalue weighted by atomic mass is 32.1. The predicted molar refractivity (Wildman–Crippen MR) is 160 cm³/mol. The van der Waals surface area contributed by atoms with E-state index in [1.807, 2.05) is 0 Å². The lowest BCUT2D eigenvalue weighted by molar-refractivity contribution is -0.137. The third kappa shape index (κ3) is 33.8. The number of unbranched alkanes of at least 4 members (excludes halogenated alkanes) is 28. The van der Waals surface area contributed by atoms with Gasteiger partial charge in [0, 0.05) is 6.42 Å². The zero-order valence-electron chi connectivity index (χ0n) is 23.7. The molecule has 0 amide bonds. The normalized spacial score (nSPS) is 11.3. The molecular weight excluding hydrogens is 448 g/mol. The first-order chi connectivity index (χ1) is 17.3. The van der Waals surface area contributed by atoms with Crippen molar-refractivity contribution in [2.45, 2.75) is 193 Å². The van der Waals surface area contributed by atoms with Crippen LogP contribution in [-0.4, -0.2) is 16.8 Å². The van der Waals surface area contributed by atoms with Crippen LogP contribution in [0.3, 0.4) is 0 Å². The molecule has 1 N–H and O–H groups in total. The fraction of sp³-hybridized carbons (Fsp3) is 0.969. The molecule has 0 aromatic rings. The lowest BCUT2D eigenvalue weighted by atomic mass is 10.0. The molecule has 0 saturated carbocycles. The third-order valence-corrected chi connectivity index (χ3v) is 7.86. The van der Waals surface area contributed by atoms with Gasteiger partial charge in [-0.2, -0.15) is 12.6 Å². The van der Waals surface area contributed by atoms with Gasteiger partial charge in [0.25, 0.3) is 0 Å². The summed E-state index contributed by atoms with van der Waals surface area (Å²) in [5, 5.41) is 8.62. The number of rotatable bonds is 31. The van der Waals surface area contributed by atoms with Crippen molar-refractivity contribution in [1.29, 1.82) is 0 Å². The lowest BCUT2D eigenvalue weighted by Crippen LogP contribution is -1.93. The van der Waals surface area contributed by atoms with Crippen LogP contribution in [0.4, 0.5) is 0 Å². The van der Waals surface area contributed by atoms with Crippen LogP contribution in [0, 0.1) is 0 Å². The van der Waals surface area contributed by atoms with Crippen LogP contribution in [0.15, 0.2) is 0 Å². The molecule has 35 heavy (non-hydrogen) atoms. The van der Waals surface area contributed by atoms with E-state index in [1.165, 1.54) is 173 Å². The van der Waals surface area contributed by atoms with Crippen LogP contribution in [0.5, 0.6) is 0 Å². The fourth-order valence-corrected chi connectivity index (χ4v) is 5.38. The molecule has 0 spiro atoms. The van der Waals surface area contributed by atoms with Crippen molar-refractivity contribution in [2.24, 2.45) is 0 Å². The first kappa shape index (κ1) is 34.8. The predicted octanol–water partition coefficient (Wildman–Crippen LogP) is 11.7. The van der Waals surface area contributed by atoms with E-state index in [2.05, 4.69) is 12.6 Å². The van der Waals surface area contributed by atoms with Gasteiger partial charge >= 0.3 is 5.97 Å². The van der Waals surface area contributed by atoms with Gasteiger partial charge in [0.05, 0.1) is 0 Å². The van der Waals surface area contributed by atoms with Crippen LogP contribution in [-0.2, 0) is 4.79 Å². The maximum Gasteiger partial charge on any atom is 0.303 e. The first-order valence-electron chi connectivity index (χ1n) is 16.1. The summed E-state index contributed by atoms with van der Waals surface area (Å²) in [5.74, 6) is 0.411. The van der Waals surface area contributed by atoms with E-state index >= 15 is 0 Å². The highest BCUT2D eigenvalue weighted by molar-refractivity contribution is 7.80. The Bertz CT molecular complexity index is 399. The quantitative estimate of drug-likeness (QED) is 0.0715. The number of carbonyl (C=O) groups is 1. The average Bonchev–Trinajstić information content (AvgIpc) is 2.85. The molecule has 0 aliphatic carbocycles. The SMILES string of the molecule is O=C(O)CCCCCCCCCCCCCCCCCCCCCCCCCCCCCCCS. The van der Waals surface area contributed by atoms with Gasteiger partial charge in [-0.25, -0.2) is 0 Å². The molecule has 0 aliphatic rings. The van der Waals surface area contributed by atoms with Crippen molar-refractivity contribution in [3.05, 3.63) is 0 Å². The second-order valence-corrected chi connectivity index (χ2v) is 11.6. The minimum atomic E-state index is -0.649. The van der Waals surface area contributed by atoms with E-state index in [1.54, 1.807) is 0 Å². The van der Waals surface area contributed by atoms with E-state index in [0.29, 0.717) is 6.42 Å². The number of thiol groups is 1. The van der Waals surface area contributed by atoms with Gasteiger partial charge in [-0.05, 0) is 18.6 Å². The first-order valence-corrected chi connectivity index (χ1v) is 16.7. The molecule has 0 unspecified atom stereocenters. The Morgan fingerprint density at radius 1 is 0.343 bits per heavy atom. The molecule has 3 heteroatoms. The highest BCUT2D eigenvalue weighted by Crippen LogP contribution is 2.16. The molecular formula is C32H64O2S. The van der Waals surface area contributed by atoms with Crippen LogP contribution in [0.25, 0.3) is 0 Å². The number of aliphatic carboxylic acids is 1. The standard InChI is InChI=1S/C32H64O2S/c33-32(34)30-28-26-24-22-20-18-16-14-12-10-8-6-4-2-1-3-5-7-9-11-13-15-17-19-21-23-25-27-29-31-35/h35H,1-31H2,(H,33,34). The molecule has 0 rings (SSSR count). The molecule has 0 fully saturated rings. The molecule has 0 saturated heterocycles. The van der Waals surface area contributed by atoms with Crippen molar-refractivity contribution >= 4 is 18.6 Å². The molecule has 0 aromatic carbocycles. The van der Waals surface area contributed by atoms with E-state index in [-0.39, 0.29) is 0 Å². The minimum Gasteiger partial charge on any atom is -0.481 e. The molecule has 0 aliphatic heterocycles. The Hall–Kier alpha value is -0.180. The Morgan fingerprint density at radius 2 is 0.514 bits per heavy atom. The van der Waals surface area contributed by atoms with Gasteiger partial charge in [0.15, 0.2) is 0 Å². The zero-order valence-corrected chi connectivity index (χ0v) is 24.6. The van der Waals surface area contributed by atoms with Gasteiger partial charge in [-0.15, -0.1) is 0 Å². The van der Waals surface area contributed by atoms with Crippen molar-refractivity contribution in [3.63, 3.8) is 0 Å². The topological polar surface area (TPSA) is 37.3 Å². The van der Waals surface area contributed by atoms with Gasteiger partial charge in [-0.3, -0.25) is 4.79 Å². The van der Waals surface area contributed by atoms with Crippen molar-refractivity contribution in [1.82, 2.24) is 0 Å². The van der Waals surface area contributed by atoms with Crippen LogP contribution in [0.2, 0.25) is 0 Å². The fourth-order valence-electron chi connectivity index (χ4n) is 5.16. The zero-order chi connectivity index (χ0) is 25.5. The van der Waals surface area contributed by atoms with E-state index < -0.39 is 5.97 Å². The molecule has 210 valence electrons. The Balaban J connectivity index is 3.01. The van der Waals surface area contributed by atoms with Gasteiger partial charge < -0.3 is 5.11 Å². The molecule has 0 atom stereocenters. The van der Waals surface area contributed by atoms with E-state index in [9.17, 15) is 4.79 Å². The van der Waals surface area contributed by atoms with Gasteiger partial charge in [0.2, 0.25) is 0 Å². The number of hydrogen-bond donors (Lipinski definition) is 2. The number of carboxylic acids is 1. The molecule has 0 radical (unpaired) electrons. The minimum absolute atomic E-state index is 0.346. The molecule has 0 aromatic heterocycles. The average molecular weight is 513 g/mol. The van der Waals surface area contributed by atoms with Crippen molar-refractivity contribution in [2.75, 3.05) is 5.75 Å². The maximum atomic E-state index is 10.5. The molecule has 0 bridgehead atoms. The summed E-state index contributed by atoms with van der Waals surface area (Å²) in [4.78, 5) is 10.5. The number of carboxylic acid groups (broad SMARTS) is 1. The summed E-state index contributed by atoms with van der Waals surface area (Å²) in [6, 6.07) is 0. The van der Waals surface area contributed by atoms with E-state index in [4.69, 9.17) is 5.11 Å². The summed E-state index contributed by atoms with van der Waals surface area (Å²) in [6.07, 6.45) is 40.6. The maximum absolute atomic E-state index is 10.5. The van der Waals surface area contributed by atoms with Crippen molar-refractivity contribution in [3.8, 4) is 0 Å². The monoisotopic (exact) mass is 512 g/mol. The Kier molecular flexibility index (Phi) is 31.7. The smallest absolute Gasteiger partial charge is 0.303 e. The summed E-state index contributed by atoms with van der Waals surface area (Å²) < 4.78 is 0. The third-order valence-electron chi connectivity index (χ3n) is 7.55. The second kappa shape index (κ2) is 31.8. The summed E-state index contributed by atoms with van der Waals surface area (Å²) in [6.45, 7) is 0. The van der Waals surface area contributed by atoms with Crippen LogP contribution < -0.4 is 0 Å². The van der Waals surface area contributed by atoms with E-state index in [0.717, 1.165) is 18.6 Å². The van der Waals surface area contributed by atoms with Crippen LogP contribution >= 0.6 is 12.6 Å². The highest BCUT2D eigenvalue weighted by Gasteiger charge is 1.98. The Labute approximate surface area is 226 Å². The van der Waals surface area contributed by atoms with Crippen LogP contribution in [0.1, 0.15) is 193 Å². The molecule has 2 nitrogen and oxygen atoms in total. The largest absolute Gasteiger partial charge is 0.481 e. The second-order valence-electron chi connectivity index (χ2n) is 11.1. The Morgan fingerprint density at radius 3 is 0.686 bits per heavy atom. The summed E-state index contributed by atoms with van der Waals surface area (Å²) in [5.41, 5.74) is 0.